The lowest BCUT2D eigenvalue weighted by Gasteiger charge is -2.17. The van der Waals surface area contributed by atoms with Crippen molar-refractivity contribution in [3.05, 3.63) is 70.8 Å². The van der Waals surface area contributed by atoms with Gasteiger partial charge in [0.25, 0.3) is 0 Å². The summed E-state index contributed by atoms with van der Waals surface area (Å²) in [5.74, 6) is 0.288. The average Bonchev–Trinajstić information content (AvgIpc) is 2.39. The standard InChI is InChI=1S/C17H20O/c1-13-3-7-15(8-4-13)17(11-12-18)16-9-5-14(2)6-10-16/h3-10,17-18H,11-12H2,1-2H3. The fraction of sp³-hybridized carbons (Fsp3) is 0.294. The fourth-order valence-electron chi connectivity index (χ4n) is 2.25. The van der Waals surface area contributed by atoms with E-state index >= 15 is 0 Å². The van der Waals surface area contributed by atoms with Crippen molar-refractivity contribution in [1.29, 1.82) is 0 Å². The maximum atomic E-state index is 9.27. The summed E-state index contributed by atoms with van der Waals surface area (Å²) in [5, 5.41) is 9.27. The van der Waals surface area contributed by atoms with Crippen LogP contribution in [0.4, 0.5) is 0 Å². The van der Waals surface area contributed by atoms with Gasteiger partial charge < -0.3 is 5.11 Å². The fourth-order valence-corrected chi connectivity index (χ4v) is 2.25. The van der Waals surface area contributed by atoms with Crippen molar-refractivity contribution in [2.75, 3.05) is 6.61 Å². The Labute approximate surface area is 109 Å². The van der Waals surface area contributed by atoms with Crippen LogP contribution in [0.25, 0.3) is 0 Å². The van der Waals surface area contributed by atoms with Crippen LogP contribution in [0.3, 0.4) is 0 Å². The van der Waals surface area contributed by atoms with Crippen LogP contribution in [0.15, 0.2) is 48.5 Å². The maximum Gasteiger partial charge on any atom is 0.0440 e. The van der Waals surface area contributed by atoms with Gasteiger partial charge in [0.2, 0.25) is 0 Å². The van der Waals surface area contributed by atoms with Crippen molar-refractivity contribution in [2.24, 2.45) is 0 Å². The molecule has 0 bridgehead atoms. The van der Waals surface area contributed by atoms with E-state index in [9.17, 15) is 5.11 Å². The van der Waals surface area contributed by atoms with E-state index < -0.39 is 0 Å². The Balaban J connectivity index is 2.33. The highest BCUT2D eigenvalue weighted by Crippen LogP contribution is 2.28. The lowest BCUT2D eigenvalue weighted by molar-refractivity contribution is 0.281. The van der Waals surface area contributed by atoms with Crippen LogP contribution in [0.5, 0.6) is 0 Å². The summed E-state index contributed by atoms with van der Waals surface area (Å²) in [6, 6.07) is 17.2. The van der Waals surface area contributed by atoms with Crippen LogP contribution >= 0.6 is 0 Å². The number of rotatable bonds is 4. The molecule has 0 aliphatic heterocycles. The van der Waals surface area contributed by atoms with Crippen LogP contribution in [0.2, 0.25) is 0 Å². The van der Waals surface area contributed by atoms with Crippen LogP contribution < -0.4 is 0 Å². The van der Waals surface area contributed by atoms with Gasteiger partial charge >= 0.3 is 0 Å². The number of hydrogen-bond donors (Lipinski definition) is 1. The van der Waals surface area contributed by atoms with Gasteiger partial charge in [-0.25, -0.2) is 0 Å². The molecular formula is C17H20O. The molecule has 0 atom stereocenters. The molecule has 1 heteroatoms. The highest BCUT2D eigenvalue weighted by Gasteiger charge is 2.13. The molecule has 0 saturated carbocycles. The van der Waals surface area contributed by atoms with E-state index in [1.165, 1.54) is 22.3 Å². The molecule has 0 saturated heterocycles. The molecule has 0 spiro atoms. The van der Waals surface area contributed by atoms with Gasteiger partial charge in [-0.05, 0) is 31.4 Å². The van der Waals surface area contributed by atoms with Gasteiger partial charge in [-0.15, -0.1) is 0 Å². The molecule has 18 heavy (non-hydrogen) atoms. The lowest BCUT2D eigenvalue weighted by atomic mass is 9.88. The highest BCUT2D eigenvalue weighted by molar-refractivity contribution is 5.35. The third kappa shape index (κ3) is 2.99. The van der Waals surface area contributed by atoms with Gasteiger partial charge in [-0.2, -0.15) is 0 Å². The van der Waals surface area contributed by atoms with Crippen molar-refractivity contribution in [2.45, 2.75) is 26.2 Å². The Kier molecular flexibility index (Phi) is 4.16. The van der Waals surface area contributed by atoms with Gasteiger partial charge in [0.1, 0.15) is 0 Å². The Morgan fingerprint density at radius 2 is 1.17 bits per heavy atom. The lowest BCUT2D eigenvalue weighted by Crippen LogP contribution is -2.03. The third-order valence-corrected chi connectivity index (χ3v) is 3.38. The van der Waals surface area contributed by atoms with Gasteiger partial charge in [-0.1, -0.05) is 59.7 Å². The zero-order valence-electron chi connectivity index (χ0n) is 11.1. The molecule has 2 aromatic carbocycles. The molecule has 1 N–H and O–H groups in total. The number of aliphatic hydroxyl groups excluding tert-OH is 1. The molecule has 0 aromatic heterocycles. The van der Waals surface area contributed by atoms with E-state index in [1.54, 1.807) is 0 Å². The minimum Gasteiger partial charge on any atom is -0.396 e. The zero-order chi connectivity index (χ0) is 13.0. The molecule has 0 unspecified atom stereocenters. The van der Waals surface area contributed by atoms with E-state index in [2.05, 4.69) is 62.4 Å². The van der Waals surface area contributed by atoms with Crippen molar-refractivity contribution >= 4 is 0 Å². The van der Waals surface area contributed by atoms with Crippen molar-refractivity contribution in [1.82, 2.24) is 0 Å². The normalized spacial score (nSPS) is 10.9. The molecule has 0 aliphatic carbocycles. The molecule has 2 aromatic rings. The van der Waals surface area contributed by atoms with Crippen molar-refractivity contribution < 1.29 is 5.11 Å². The van der Waals surface area contributed by atoms with E-state index in [0.29, 0.717) is 0 Å². The van der Waals surface area contributed by atoms with Crippen LogP contribution in [0, 0.1) is 13.8 Å². The van der Waals surface area contributed by atoms with E-state index in [0.717, 1.165) is 6.42 Å². The van der Waals surface area contributed by atoms with Gasteiger partial charge in [0.15, 0.2) is 0 Å². The van der Waals surface area contributed by atoms with Crippen LogP contribution in [-0.2, 0) is 0 Å². The van der Waals surface area contributed by atoms with Crippen molar-refractivity contribution in [3.63, 3.8) is 0 Å². The molecule has 0 aliphatic rings. The van der Waals surface area contributed by atoms with Crippen molar-refractivity contribution in [3.8, 4) is 0 Å². The number of hydrogen-bond acceptors (Lipinski definition) is 1. The number of aliphatic hydroxyl groups is 1. The summed E-state index contributed by atoms with van der Waals surface area (Å²) in [6.45, 7) is 4.40. The molecule has 2 rings (SSSR count). The molecule has 0 amide bonds. The first-order valence-electron chi connectivity index (χ1n) is 6.44. The zero-order valence-corrected chi connectivity index (χ0v) is 11.1. The Morgan fingerprint density at radius 3 is 1.50 bits per heavy atom. The Bertz CT molecular complexity index is 437. The molecule has 0 heterocycles. The molecule has 1 nitrogen and oxygen atoms in total. The largest absolute Gasteiger partial charge is 0.396 e. The summed E-state index contributed by atoms with van der Waals surface area (Å²) in [6.07, 6.45) is 0.770. The number of aryl methyl sites for hydroxylation is 2. The third-order valence-electron chi connectivity index (χ3n) is 3.38. The highest BCUT2D eigenvalue weighted by atomic mass is 16.3. The topological polar surface area (TPSA) is 20.2 Å². The van der Waals surface area contributed by atoms with Gasteiger partial charge in [0.05, 0.1) is 0 Å². The quantitative estimate of drug-likeness (QED) is 0.861. The average molecular weight is 240 g/mol. The second kappa shape index (κ2) is 5.83. The molecule has 0 radical (unpaired) electrons. The first-order valence-corrected chi connectivity index (χ1v) is 6.44. The summed E-state index contributed by atoms with van der Waals surface area (Å²) in [5.41, 5.74) is 5.09. The molecule has 0 fully saturated rings. The smallest absolute Gasteiger partial charge is 0.0440 e. The molecular weight excluding hydrogens is 220 g/mol. The maximum absolute atomic E-state index is 9.27. The Morgan fingerprint density at radius 1 is 0.778 bits per heavy atom. The predicted octanol–water partition coefficient (Wildman–Crippen LogP) is 3.82. The monoisotopic (exact) mass is 240 g/mol. The van der Waals surface area contributed by atoms with Crippen LogP contribution in [-0.4, -0.2) is 11.7 Å². The summed E-state index contributed by atoms with van der Waals surface area (Å²) < 4.78 is 0. The minimum atomic E-state index is 0.215. The summed E-state index contributed by atoms with van der Waals surface area (Å²) in [4.78, 5) is 0. The van der Waals surface area contributed by atoms with E-state index in [-0.39, 0.29) is 12.5 Å². The molecule has 94 valence electrons. The summed E-state index contributed by atoms with van der Waals surface area (Å²) >= 11 is 0. The Hall–Kier alpha value is -1.60. The van der Waals surface area contributed by atoms with Gasteiger partial charge in [-0.3, -0.25) is 0 Å². The first-order chi connectivity index (χ1) is 8.70. The van der Waals surface area contributed by atoms with Gasteiger partial charge in [0, 0.05) is 12.5 Å². The number of benzene rings is 2. The second-order valence-electron chi connectivity index (χ2n) is 4.89. The second-order valence-corrected chi connectivity index (χ2v) is 4.89. The van der Waals surface area contributed by atoms with E-state index in [4.69, 9.17) is 0 Å². The minimum absolute atomic E-state index is 0.215. The first kappa shape index (κ1) is 12.8. The van der Waals surface area contributed by atoms with Crippen LogP contribution in [0.1, 0.15) is 34.6 Å². The SMILES string of the molecule is Cc1ccc(C(CCO)c2ccc(C)cc2)cc1. The van der Waals surface area contributed by atoms with E-state index in [1.807, 2.05) is 0 Å². The summed E-state index contributed by atoms with van der Waals surface area (Å²) in [7, 11) is 0. The predicted molar refractivity (Wildman–Crippen MR) is 75.9 cm³/mol.